The Balaban J connectivity index is 3.65. The SMILES string of the molecule is O=C(O)OC(=S)OC(=O)O. The molecule has 0 radical (unpaired) electrons. The molecule has 0 amide bonds. The van der Waals surface area contributed by atoms with Crippen LogP contribution in [0.2, 0.25) is 0 Å². The van der Waals surface area contributed by atoms with Crippen LogP contribution in [0.1, 0.15) is 0 Å². The van der Waals surface area contributed by atoms with Gasteiger partial charge in [-0.3, -0.25) is 0 Å². The molecule has 10 heavy (non-hydrogen) atoms. The Hall–Kier alpha value is -1.37. The number of thiocarbonyl (C=S) groups is 1. The first-order chi connectivity index (χ1) is 4.52. The van der Waals surface area contributed by atoms with Crippen molar-refractivity contribution in [2.24, 2.45) is 0 Å². The Morgan fingerprint density at radius 2 is 1.40 bits per heavy atom. The van der Waals surface area contributed by atoms with Crippen LogP contribution in [0.5, 0.6) is 0 Å². The first-order valence-electron chi connectivity index (χ1n) is 1.88. The van der Waals surface area contributed by atoms with Gasteiger partial charge in [-0.15, -0.1) is 0 Å². The molecule has 0 bridgehead atoms. The molecule has 0 spiro atoms. The molecule has 0 unspecified atom stereocenters. The largest absolute Gasteiger partial charge is 0.514 e. The monoisotopic (exact) mass is 166 g/mol. The predicted molar refractivity (Wildman–Crippen MR) is 30.8 cm³/mol. The van der Waals surface area contributed by atoms with Gasteiger partial charge in [0.25, 0.3) is 0 Å². The van der Waals surface area contributed by atoms with Gasteiger partial charge in [0.2, 0.25) is 0 Å². The van der Waals surface area contributed by atoms with Gasteiger partial charge in [0.1, 0.15) is 0 Å². The van der Waals surface area contributed by atoms with Crippen molar-refractivity contribution in [1.29, 1.82) is 0 Å². The normalized spacial score (nSPS) is 8.00. The summed E-state index contributed by atoms with van der Waals surface area (Å²) in [6.07, 6.45) is -3.43. The van der Waals surface area contributed by atoms with Gasteiger partial charge < -0.3 is 19.7 Å². The number of hydrogen-bond acceptors (Lipinski definition) is 5. The van der Waals surface area contributed by atoms with Crippen LogP contribution < -0.4 is 0 Å². The molecular formula is C3H2O6S. The summed E-state index contributed by atoms with van der Waals surface area (Å²) in [4.78, 5) is 19.2. The Labute approximate surface area is 60.0 Å². The van der Waals surface area contributed by atoms with Crippen LogP contribution in [0.3, 0.4) is 0 Å². The summed E-state index contributed by atoms with van der Waals surface area (Å²) in [6.45, 7) is 0. The highest BCUT2D eigenvalue weighted by molar-refractivity contribution is 7.79. The molecule has 56 valence electrons. The van der Waals surface area contributed by atoms with Crippen LogP contribution in [-0.4, -0.2) is 27.8 Å². The van der Waals surface area contributed by atoms with E-state index >= 15 is 0 Å². The molecule has 6 nitrogen and oxygen atoms in total. The van der Waals surface area contributed by atoms with Gasteiger partial charge in [0, 0.05) is 12.2 Å². The summed E-state index contributed by atoms with van der Waals surface area (Å²) < 4.78 is 7.21. The van der Waals surface area contributed by atoms with Gasteiger partial charge in [-0.25, -0.2) is 9.59 Å². The molecule has 0 aromatic heterocycles. The standard InChI is InChI=1S/C3H2O6S/c4-1(5)8-3(10)9-2(6)7/h(H,4,5)(H,6,7). The van der Waals surface area contributed by atoms with Crippen LogP contribution in [0.25, 0.3) is 0 Å². The van der Waals surface area contributed by atoms with Crippen LogP contribution >= 0.6 is 12.2 Å². The maximum absolute atomic E-state index is 9.61. The number of carbonyl (C=O) groups is 2. The maximum Gasteiger partial charge on any atom is 0.514 e. The fourth-order valence-electron chi connectivity index (χ4n) is 0.163. The zero-order valence-electron chi connectivity index (χ0n) is 4.44. The van der Waals surface area contributed by atoms with Crippen LogP contribution in [-0.2, 0) is 9.47 Å². The predicted octanol–water partition coefficient (Wildman–Crippen LogP) is 0.660. The lowest BCUT2D eigenvalue weighted by Crippen LogP contribution is -2.14. The van der Waals surface area contributed by atoms with Gasteiger partial charge in [-0.1, -0.05) is 0 Å². The molecule has 0 aliphatic carbocycles. The summed E-state index contributed by atoms with van der Waals surface area (Å²) in [5.74, 6) is 0. The van der Waals surface area contributed by atoms with E-state index in [1.54, 1.807) is 0 Å². The van der Waals surface area contributed by atoms with E-state index < -0.39 is 17.5 Å². The van der Waals surface area contributed by atoms with Gasteiger partial charge in [-0.2, -0.15) is 0 Å². The highest BCUT2D eigenvalue weighted by atomic mass is 32.1. The van der Waals surface area contributed by atoms with E-state index in [1.165, 1.54) is 0 Å². The first-order valence-corrected chi connectivity index (χ1v) is 2.28. The summed E-state index contributed by atoms with van der Waals surface area (Å²) in [5.41, 5.74) is 0. The number of rotatable bonds is 0. The number of carboxylic acid groups (broad SMARTS) is 2. The summed E-state index contributed by atoms with van der Waals surface area (Å²) >= 11 is 4.00. The van der Waals surface area contributed by atoms with Gasteiger partial charge in [-0.05, 0) is 0 Å². The van der Waals surface area contributed by atoms with Crippen LogP contribution in [0, 0.1) is 0 Å². The molecule has 0 aliphatic heterocycles. The Morgan fingerprint density at radius 3 is 1.60 bits per heavy atom. The van der Waals surface area contributed by atoms with E-state index in [2.05, 4.69) is 21.7 Å². The molecule has 0 atom stereocenters. The lowest BCUT2D eigenvalue weighted by Gasteiger charge is -1.96. The molecule has 0 saturated heterocycles. The molecule has 0 saturated carbocycles. The summed E-state index contributed by atoms with van der Waals surface area (Å²) in [5, 5.41) is 14.7. The Morgan fingerprint density at radius 1 is 1.10 bits per heavy atom. The number of ether oxygens (including phenoxy) is 2. The smallest absolute Gasteiger partial charge is 0.449 e. The highest BCUT2D eigenvalue weighted by Gasteiger charge is 2.08. The van der Waals surface area contributed by atoms with Gasteiger partial charge >= 0.3 is 17.5 Å². The average molecular weight is 166 g/mol. The minimum Gasteiger partial charge on any atom is -0.449 e. The van der Waals surface area contributed by atoms with Crippen molar-refractivity contribution < 1.29 is 29.3 Å². The lowest BCUT2D eigenvalue weighted by atomic mass is 11.2. The van der Waals surface area contributed by atoms with Crippen molar-refractivity contribution in [3.63, 3.8) is 0 Å². The quantitative estimate of drug-likeness (QED) is 0.403. The lowest BCUT2D eigenvalue weighted by molar-refractivity contribution is 0.107. The molecule has 0 aliphatic rings. The Bertz CT molecular complexity index is 156. The fourth-order valence-corrected chi connectivity index (χ4v) is 0.306. The minimum absolute atomic E-state index is 0.958. The van der Waals surface area contributed by atoms with Crippen molar-refractivity contribution in [2.75, 3.05) is 0 Å². The summed E-state index contributed by atoms with van der Waals surface area (Å²) in [6, 6.07) is 0. The van der Waals surface area contributed by atoms with Crippen molar-refractivity contribution in [3.8, 4) is 0 Å². The highest BCUT2D eigenvalue weighted by Crippen LogP contribution is 1.86. The second-order valence-electron chi connectivity index (χ2n) is 0.986. The number of hydrogen-bond donors (Lipinski definition) is 2. The molecule has 0 aromatic carbocycles. The third kappa shape index (κ3) is 4.78. The van der Waals surface area contributed by atoms with Crippen LogP contribution in [0.15, 0.2) is 0 Å². The second kappa shape index (κ2) is 3.62. The molecule has 0 rings (SSSR count). The molecule has 2 N–H and O–H groups in total. The second-order valence-corrected chi connectivity index (χ2v) is 1.32. The van der Waals surface area contributed by atoms with E-state index in [4.69, 9.17) is 10.2 Å². The molecular weight excluding hydrogens is 164 g/mol. The minimum atomic E-state index is -1.72. The third-order valence-electron chi connectivity index (χ3n) is 0.341. The van der Waals surface area contributed by atoms with Crippen molar-refractivity contribution >= 4 is 29.8 Å². The average Bonchev–Trinajstić information content (AvgIpc) is 1.58. The summed E-state index contributed by atoms with van der Waals surface area (Å²) in [7, 11) is 0. The zero-order chi connectivity index (χ0) is 8.15. The molecule has 0 fully saturated rings. The van der Waals surface area contributed by atoms with E-state index in [0.29, 0.717) is 0 Å². The van der Waals surface area contributed by atoms with Gasteiger partial charge in [0.05, 0.1) is 0 Å². The van der Waals surface area contributed by atoms with Crippen LogP contribution in [0.4, 0.5) is 9.59 Å². The van der Waals surface area contributed by atoms with E-state index in [0.717, 1.165) is 0 Å². The van der Waals surface area contributed by atoms with Crippen molar-refractivity contribution in [1.82, 2.24) is 0 Å². The third-order valence-corrected chi connectivity index (χ3v) is 0.508. The van der Waals surface area contributed by atoms with Crippen molar-refractivity contribution in [3.05, 3.63) is 0 Å². The molecule has 0 heterocycles. The van der Waals surface area contributed by atoms with Gasteiger partial charge in [0.15, 0.2) is 0 Å². The van der Waals surface area contributed by atoms with E-state index in [-0.39, 0.29) is 0 Å². The topological polar surface area (TPSA) is 93.1 Å². The fraction of sp³-hybridized carbons (Fsp3) is 0. The maximum atomic E-state index is 9.61. The van der Waals surface area contributed by atoms with Crippen molar-refractivity contribution in [2.45, 2.75) is 0 Å². The zero-order valence-corrected chi connectivity index (χ0v) is 5.25. The first kappa shape index (κ1) is 8.63. The van der Waals surface area contributed by atoms with E-state index in [1.807, 2.05) is 0 Å². The molecule has 7 heteroatoms. The molecule has 0 aromatic rings. The van der Waals surface area contributed by atoms with E-state index in [9.17, 15) is 9.59 Å². The Kier molecular flexibility index (Phi) is 3.12.